The number of amides is 1. The van der Waals surface area contributed by atoms with E-state index in [1.807, 2.05) is 0 Å². The average Bonchev–Trinajstić information content (AvgIpc) is 2.54. The second kappa shape index (κ2) is 7.97. The summed E-state index contributed by atoms with van der Waals surface area (Å²) in [5, 5.41) is 2.76. The second-order valence-electron chi connectivity index (χ2n) is 5.24. The molecule has 2 aromatic carbocycles. The van der Waals surface area contributed by atoms with Gasteiger partial charge in [-0.2, -0.15) is 13.2 Å². The monoisotopic (exact) mass is 405 g/mol. The maximum absolute atomic E-state index is 12.5. The zero-order valence-corrected chi connectivity index (χ0v) is 14.7. The topological polar surface area (TPSA) is 55.4 Å². The molecule has 0 fully saturated rings. The first-order valence-electron chi connectivity index (χ1n) is 7.22. The Morgan fingerprint density at radius 1 is 1.08 bits per heavy atom. The molecule has 4 nitrogen and oxygen atoms in total. The fourth-order valence-electron chi connectivity index (χ4n) is 1.92. The van der Waals surface area contributed by atoms with Gasteiger partial charge in [0.2, 0.25) is 0 Å². The van der Waals surface area contributed by atoms with Crippen LogP contribution in [0.15, 0.2) is 42.5 Å². The summed E-state index contributed by atoms with van der Waals surface area (Å²) in [4.78, 5) is 24.1. The van der Waals surface area contributed by atoms with Crippen LogP contribution in [-0.4, -0.2) is 18.0 Å². The van der Waals surface area contributed by atoms with Crippen LogP contribution in [-0.2, 0) is 15.7 Å². The molecule has 2 rings (SSSR count). The van der Waals surface area contributed by atoms with Gasteiger partial charge >= 0.3 is 12.1 Å². The number of nitrogens with one attached hydrogen (secondary N) is 1. The molecule has 0 aliphatic heterocycles. The van der Waals surface area contributed by atoms with Crippen LogP contribution in [0.2, 0.25) is 10.0 Å². The Morgan fingerprint density at radius 3 is 2.23 bits per heavy atom. The van der Waals surface area contributed by atoms with E-state index in [0.717, 1.165) is 24.3 Å². The fourth-order valence-corrected chi connectivity index (χ4v) is 2.40. The fraction of sp³-hybridized carbons (Fsp3) is 0.176. The van der Waals surface area contributed by atoms with Crippen LogP contribution >= 0.6 is 23.2 Å². The van der Waals surface area contributed by atoms with E-state index in [2.05, 4.69) is 5.32 Å². The van der Waals surface area contributed by atoms with E-state index >= 15 is 0 Å². The molecule has 0 aliphatic rings. The molecule has 0 radical (unpaired) electrons. The molecule has 9 heteroatoms. The maximum Gasteiger partial charge on any atom is 0.416 e. The summed E-state index contributed by atoms with van der Waals surface area (Å²) >= 11 is 11.6. The Balaban J connectivity index is 2.00. The molecular weight excluding hydrogens is 394 g/mol. The number of benzene rings is 2. The highest BCUT2D eigenvalue weighted by atomic mass is 35.5. The van der Waals surface area contributed by atoms with Crippen LogP contribution in [0.25, 0.3) is 0 Å². The highest BCUT2D eigenvalue weighted by Crippen LogP contribution is 2.30. The third-order valence-corrected chi connectivity index (χ3v) is 3.83. The van der Waals surface area contributed by atoms with Gasteiger partial charge in [-0.3, -0.25) is 4.79 Å². The van der Waals surface area contributed by atoms with Crippen molar-refractivity contribution in [2.45, 2.75) is 19.2 Å². The number of ether oxygens (including phenoxy) is 1. The summed E-state index contributed by atoms with van der Waals surface area (Å²) in [7, 11) is 0. The lowest BCUT2D eigenvalue weighted by molar-refractivity contribution is -0.137. The largest absolute Gasteiger partial charge is 0.449 e. The predicted octanol–water partition coefficient (Wildman–Crippen LogP) is 5.20. The lowest BCUT2D eigenvalue weighted by Gasteiger charge is -2.14. The van der Waals surface area contributed by atoms with Crippen molar-refractivity contribution in [3.63, 3.8) is 0 Å². The van der Waals surface area contributed by atoms with E-state index < -0.39 is 29.7 Å². The predicted molar refractivity (Wildman–Crippen MR) is 91.4 cm³/mol. The lowest BCUT2D eigenvalue weighted by Crippen LogP contribution is -2.30. The van der Waals surface area contributed by atoms with E-state index in [1.165, 1.54) is 25.1 Å². The van der Waals surface area contributed by atoms with Gasteiger partial charge in [0.15, 0.2) is 6.10 Å². The number of alkyl halides is 3. The quantitative estimate of drug-likeness (QED) is 0.711. The number of rotatable bonds is 4. The molecule has 0 bridgehead atoms. The van der Waals surface area contributed by atoms with Crippen molar-refractivity contribution < 1.29 is 27.5 Å². The molecule has 0 spiro atoms. The Labute approximate surface area is 156 Å². The molecule has 26 heavy (non-hydrogen) atoms. The molecule has 138 valence electrons. The zero-order chi connectivity index (χ0) is 19.5. The smallest absolute Gasteiger partial charge is 0.416 e. The summed E-state index contributed by atoms with van der Waals surface area (Å²) in [5.74, 6) is -1.54. The molecule has 0 aromatic heterocycles. The minimum atomic E-state index is -4.47. The molecule has 0 unspecified atom stereocenters. The highest BCUT2D eigenvalue weighted by molar-refractivity contribution is 6.36. The Morgan fingerprint density at radius 2 is 1.69 bits per heavy atom. The molecule has 1 N–H and O–H groups in total. The van der Waals surface area contributed by atoms with E-state index in [-0.39, 0.29) is 16.3 Å². The molecule has 0 heterocycles. The first-order chi connectivity index (χ1) is 12.1. The lowest BCUT2D eigenvalue weighted by atomic mass is 10.2. The van der Waals surface area contributed by atoms with Crippen molar-refractivity contribution in [3.8, 4) is 0 Å². The summed E-state index contributed by atoms with van der Waals surface area (Å²) in [6, 6.07) is 8.02. The van der Waals surface area contributed by atoms with Crippen LogP contribution < -0.4 is 5.32 Å². The van der Waals surface area contributed by atoms with Crippen molar-refractivity contribution in [1.82, 2.24) is 0 Å². The van der Waals surface area contributed by atoms with E-state index in [0.29, 0.717) is 5.02 Å². The summed E-state index contributed by atoms with van der Waals surface area (Å²) in [6.45, 7) is 1.32. The number of hydrogen-bond acceptors (Lipinski definition) is 3. The molecule has 1 atom stereocenters. The number of esters is 1. The minimum absolute atomic E-state index is 0.0326. The van der Waals surface area contributed by atoms with Gasteiger partial charge in [0.25, 0.3) is 5.91 Å². The van der Waals surface area contributed by atoms with Gasteiger partial charge in [-0.1, -0.05) is 23.2 Å². The molecule has 1 amide bonds. The first kappa shape index (κ1) is 20.1. The van der Waals surface area contributed by atoms with Gasteiger partial charge in [-0.05, 0) is 49.4 Å². The van der Waals surface area contributed by atoms with Crippen molar-refractivity contribution >= 4 is 40.8 Å². The molecule has 2 aromatic rings. The van der Waals surface area contributed by atoms with Gasteiger partial charge in [0.1, 0.15) is 0 Å². The van der Waals surface area contributed by atoms with Gasteiger partial charge in [0, 0.05) is 10.7 Å². The molecule has 0 aliphatic carbocycles. The Hall–Kier alpha value is -2.25. The van der Waals surface area contributed by atoms with Crippen molar-refractivity contribution in [2.24, 2.45) is 0 Å². The van der Waals surface area contributed by atoms with Crippen LogP contribution in [0.3, 0.4) is 0 Å². The van der Waals surface area contributed by atoms with Crippen molar-refractivity contribution in [1.29, 1.82) is 0 Å². The standard InChI is InChI=1S/C17H12Cl2F3NO3/c1-9(26-16(25)13-7-4-11(18)8-14(13)19)15(24)23-12-5-2-10(3-6-12)17(20,21)22/h2-9H,1H3,(H,23,24)/t9-/m1/s1. The number of halogens is 5. The SMILES string of the molecule is C[C@@H](OC(=O)c1ccc(Cl)cc1Cl)C(=O)Nc1ccc(C(F)(F)F)cc1. The number of hydrogen-bond donors (Lipinski definition) is 1. The van der Waals surface area contributed by atoms with Gasteiger partial charge < -0.3 is 10.1 Å². The first-order valence-corrected chi connectivity index (χ1v) is 7.97. The normalized spacial score (nSPS) is 12.4. The van der Waals surface area contributed by atoms with Crippen LogP contribution in [0.4, 0.5) is 18.9 Å². The van der Waals surface area contributed by atoms with Gasteiger partial charge in [-0.25, -0.2) is 4.79 Å². The molecule has 0 saturated carbocycles. The number of carbonyl (C=O) groups is 2. The highest BCUT2D eigenvalue weighted by Gasteiger charge is 2.30. The number of carbonyl (C=O) groups excluding carboxylic acids is 2. The maximum atomic E-state index is 12.5. The van der Waals surface area contributed by atoms with Crippen LogP contribution in [0, 0.1) is 0 Å². The van der Waals surface area contributed by atoms with Gasteiger partial charge in [0.05, 0.1) is 16.1 Å². The van der Waals surface area contributed by atoms with E-state index in [4.69, 9.17) is 27.9 Å². The molecule has 0 saturated heterocycles. The van der Waals surface area contributed by atoms with E-state index in [1.54, 1.807) is 0 Å². The Kier molecular flexibility index (Phi) is 6.15. The van der Waals surface area contributed by atoms with Gasteiger partial charge in [-0.15, -0.1) is 0 Å². The van der Waals surface area contributed by atoms with Crippen LogP contribution in [0.1, 0.15) is 22.8 Å². The van der Waals surface area contributed by atoms with E-state index in [9.17, 15) is 22.8 Å². The minimum Gasteiger partial charge on any atom is -0.449 e. The van der Waals surface area contributed by atoms with Crippen molar-refractivity contribution in [2.75, 3.05) is 5.32 Å². The molecular formula is C17H12Cl2F3NO3. The van der Waals surface area contributed by atoms with Crippen molar-refractivity contribution in [3.05, 3.63) is 63.6 Å². The summed E-state index contributed by atoms with van der Waals surface area (Å²) in [6.07, 6.45) is -5.67. The summed E-state index contributed by atoms with van der Waals surface area (Å²) in [5.41, 5.74) is -0.673. The van der Waals surface area contributed by atoms with Crippen LogP contribution in [0.5, 0.6) is 0 Å². The average molecular weight is 406 g/mol. The number of anilines is 1. The third kappa shape index (κ3) is 5.12. The zero-order valence-electron chi connectivity index (χ0n) is 13.2. The summed E-state index contributed by atoms with van der Waals surface area (Å²) < 4.78 is 42.5. The second-order valence-corrected chi connectivity index (χ2v) is 6.08. The third-order valence-electron chi connectivity index (χ3n) is 3.28. The Bertz CT molecular complexity index is 823.